The van der Waals surface area contributed by atoms with Gasteiger partial charge in [0.15, 0.2) is 6.29 Å². The summed E-state index contributed by atoms with van der Waals surface area (Å²) in [4.78, 5) is 13.8. The number of halogens is 2. The summed E-state index contributed by atoms with van der Waals surface area (Å²) in [6.07, 6.45) is -1.27. The van der Waals surface area contributed by atoms with E-state index >= 15 is 0 Å². The maximum absolute atomic E-state index is 12.2. The van der Waals surface area contributed by atoms with Crippen LogP contribution in [0.5, 0.6) is 5.75 Å². The average molecular weight is 187 g/mol. The SMILES string of the molecule is COc1cnc(C(F)F)c(C=O)c1. The van der Waals surface area contributed by atoms with Crippen molar-refractivity contribution in [3.05, 3.63) is 23.5 Å². The molecule has 1 heterocycles. The Bertz CT molecular complexity index is 315. The minimum absolute atomic E-state index is 0.144. The van der Waals surface area contributed by atoms with Gasteiger partial charge >= 0.3 is 0 Å². The van der Waals surface area contributed by atoms with Gasteiger partial charge < -0.3 is 4.74 Å². The summed E-state index contributed by atoms with van der Waals surface area (Å²) >= 11 is 0. The minimum Gasteiger partial charge on any atom is -0.495 e. The van der Waals surface area contributed by atoms with Crippen LogP contribution in [0.2, 0.25) is 0 Å². The van der Waals surface area contributed by atoms with Gasteiger partial charge in [-0.1, -0.05) is 0 Å². The molecule has 0 spiro atoms. The molecule has 0 radical (unpaired) electrons. The summed E-state index contributed by atoms with van der Waals surface area (Å²) in [6.45, 7) is 0. The van der Waals surface area contributed by atoms with E-state index in [1.807, 2.05) is 0 Å². The standard InChI is InChI=1S/C8H7F2NO2/c1-13-6-2-5(4-12)7(8(9)10)11-3-6/h2-4,8H,1H3. The third-order valence-electron chi connectivity index (χ3n) is 1.49. The molecule has 1 rings (SSSR count). The molecular weight excluding hydrogens is 180 g/mol. The number of carbonyl (C=O) groups is 1. The molecule has 0 unspecified atom stereocenters. The highest BCUT2D eigenvalue weighted by molar-refractivity contribution is 5.77. The molecule has 13 heavy (non-hydrogen) atoms. The van der Waals surface area contributed by atoms with E-state index in [9.17, 15) is 13.6 Å². The Morgan fingerprint density at radius 3 is 2.77 bits per heavy atom. The first kappa shape index (κ1) is 9.57. The first-order valence-electron chi connectivity index (χ1n) is 3.46. The highest BCUT2D eigenvalue weighted by atomic mass is 19.3. The molecule has 0 aromatic carbocycles. The van der Waals surface area contributed by atoms with Crippen molar-refractivity contribution >= 4 is 6.29 Å². The molecule has 0 atom stereocenters. The van der Waals surface area contributed by atoms with Crippen LogP contribution in [-0.4, -0.2) is 18.4 Å². The van der Waals surface area contributed by atoms with Crippen molar-refractivity contribution in [1.29, 1.82) is 0 Å². The maximum Gasteiger partial charge on any atom is 0.281 e. The van der Waals surface area contributed by atoms with E-state index < -0.39 is 12.1 Å². The van der Waals surface area contributed by atoms with Gasteiger partial charge in [-0.05, 0) is 6.07 Å². The number of hydrogen-bond acceptors (Lipinski definition) is 3. The topological polar surface area (TPSA) is 39.2 Å². The Hall–Kier alpha value is -1.52. The molecule has 0 aliphatic carbocycles. The summed E-state index contributed by atoms with van der Waals surface area (Å²) < 4.78 is 29.1. The van der Waals surface area contributed by atoms with Gasteiger partial charge in [-0.25, -0.2) is 8.78 Å². The van der Waals surface area contributed by atoms with Crippen LogP contribution in [0.25, 0.3) is 0 Å². The van der Waals surface area contributed by atoms with Crippen LogP contribution in [-0.2, 0) is 0 Å². The maximum atomic E-state index is 12.2. The molecule has 1 aromatic heterocycles. The molecule has 0 saturated carbocycles. The molecule has 0 amide bonds. The molecule has 0 bridgehead atoms. The number of aromatic nitrogens is 1. The minimum atomic E-state index is -2.74. The lowest BCUT2D eigenvalue weighted by molar-refractivity contribution is 0.110. The van der Waals surface area contributed by atoms with Crippen LogP contribution in [0.3, 0.4) is 0 Å². The molecular formula is C8H7F2NO2. The highest BCUT2D eigenvalue weighted by Gasteiger charge is 2.14. The highest BCUT2D eigenvalue weighted by Crippen LogP contribution is 2.22. The zero-order valence-corrected chi connectivity index (χ0v) is 6.83. The molecule has 0 fully saturated rings. The third-order valence-corrected chi connectivity index (χ3v) is 1.49. The van der Waals surface area contributed by atoms with Gasteiger partial charge in [0.25, 0.3) is 6.43 Å². The number of carbonyl (C=O) groups excluding carboxylic acids is 1. The second kappa shape index (κ2) is 3.93. The number of methoxy groups -OCH3 is 1. The lowest BCUT2D eigenvalue weighted by atomic mass is 10.2. The van der Waals surface area contributed by atoms with Gasteiger partial charge in [0.1, 0.15) is 11.4 Å². The molecule has 1 aromatic rings. The van der Waals surface area contributed by atoms with E-state index in [4.69, 9.17) is 4.74 Å². The van der Waals surface area contributed by atoms with E-state index in [-0.39, 0.29) is 11.3 Å². The van der Waals surface area contributed by atoms with Crippen molar-refractivity contribution in [2.24, 2.45) is 0 Å². The number of pyridine rings is 1. The normalized spacial score (nSPS) is 10.2. The van der Waals surface area contributed by atoms with Gasteiger partial charge in [0, 0.05) is 5.56 Å². The predicted molar refractivity (Wildman–Crippen MR) is 41.1 cm³/mol. The van der Waals surface area contributed by atoms with E-state index in [0.29, 0.717) is 6.29 Å². The molecule has 0 aliphatic rings. The quantitative estimate of drug-likeness (QED) is 0.677. The number of rotatable bonds is 3. The Balaban J connectivity index is 3.15. The van der Waals surface area contributed by atoms with Gasteiger partial charge in [-0.2, -0.15) is 0 Å². The van der Waals surface area contributed by atoms with Crippen LogP contribution in [0.4, 0.5) is 8.78 Å². The van der Waals surface area contributed by atoms with Crippen LogP contribution >= 0.6 is 0 Å². The van der Waals surface area contributed by atoms with Crippen LogP contribution < -0.4 is 4.74 Å². The summed E-state index contributed by atoms with van der Waals surface area (Å²) in [6, 6.07) is 1.22. The molecule has 3 nitrogen and oxygen atoms in total. The number of aldehydes is 1. The Labute approximate surface area is 73.4 Å². The van der Waals surface area contributed by atoms with E-state index in [2.05, 4.69) is 4.98 Å². The fourth-order valence-corrected chi connectivity index (χ4v) is 0.861. The first-order chi connectivity index (χ1) is 6.19. The average Bonchev–Trinajstić information content (AvgIpc) is 2.16. The number of alkyl halides is 2. The van der Waals surface area contributed by atoms with E-state index in [1.54, 1.807) is 0 Å². The van der Waals surface area contributed by atoms with Crippen molar-refractivity contribution in [3.63, 3.8) is 0 Å². The fraction of sp³-hybridized carbons (Fsp3) is 0.250. The second-order valence-electron chi connectivity index (χ2n) is 2.27. The van der Waals surface area contributed by atoms with Crippen molar-refractivity contribution < 1.29 is 18.3 Å². The molecule has 0 aliphatic heterocycles. The van der Waals surface area contributed by atoms with Crippen molar-refractivity contribution in [2.45, 2.75) is 6.43 Å². The lowest BCUT2D eigenvalue weighted by Crippen LogP contribution is -1.98. The Morgan fingerprint density at radius 2 is 2.31 bits per heavy atom. The third kappa shape index (κ3) is 1.99. The van der Waals surface area contributed by atoms with Crippen molar-refractivity contribution in [1.82, 2.24) is 4.98 Å². The first-order valence-corrected chi connectivity index (χ1v) is 3.46. The number of nitrogens with zero attached hydrogens (tertiary/aromatic N) is 1. The Kier molecular flexibility index (Phi) is 2.89. The summed E-state index contributed by atoms with van der Waals surface area (Å²) in [5, 5.41) is 0. The van der Waals surface area contributed by atoms with Gasteiger partial charge in [0.2, 0.25) is 0 Å². The fourth-order valence-electron chi connectivity index (χ4n) is 0.861. The zero-order chi connectivity index (χ0) is 9.84. The van der Waals surface area contributed by atoms with Crippen molar-refractivity contribution in [2.75, 3.05) is 7.11 Å². The van der Waals surface area contributed by atoms with Gasteiger partial charge in [0.05, 0.1) is 13.3 Å². The molecule has 0 saturated heterocycles. The molecule has 0 N–H and O–H groups in total. The van der Waals surface area contributed by atoms with Crippen LogP contribution in [0, 0.1) is 0 Å². The zero-order valence-electron chi connectivity index (χ0n) is 6.83. The van der Waals surface area contributed by atoms with E-state index in [1.165, 1.54) is 13.2 Å². The largest absolute Gasteiger partial charge is 0.495 e. The lowest BCUT2D eigenvalue weighted by Gasteiger charge is -2.04. The number of hydrogen-bond donors (Lipinski definition) is 0. The molecule has 70 valence electrons. The summed E-state index contributed by atoms with van der Waals surface area (Å²) in [5.41, 5.74) is -0.662. The monoisotopic (exact) mass is 187 g/mol. The number of ether oxygens (including phenoxy) is 1. The van der Waals surface area contributed by atoms with Crippen LogP contribution in [0.15, 0.2) is 12.3 Å². The van der Waals surface area contributed by atoms with E-state index in [0.717, 1.165) is 6.20 Å². The molecule has 5 heteroatoms. The van der Waals surface area contributed by atoms with Crippen molar-refractivity contribution in [3.8, 4) is 5.75 Å². The summed E-state index contributed by atoms with van der Waals surface area (Å²) in [7, 11) is 1.37. The van der Waals surface area contributed by atoms with Gasteiger partial charge in [-0.3, -0.25) is 9.78 Å². The second-order valence-corrected chi connectivity index (χ2v) is 2.27. The summed E-state index contributed by atoms with van der Waals surface area (Å²) in [5.74, 6) is 0.284. The Morgan fingerprint density at radius 1 is 1.62 bits per heavy atom. The predicted octanol–water partition coefficient (Wildman–Crippen LogP) is 1.84. The van der Waals surface area contributed by atoms with Crippen LogP contribution in [0.1, 0.15) is 22.5 Å². The smallest absolute Gasteiger partial charge is 0.281 e. The van der Waals surface area contributed by atoms with Gasteiger partial charge in [-0.15, -0.1) is 0 Å².